The third-order valence-corrected chi connectivity index (χ3v) is 4.48. The second kappa shape index (κ2) is 7.00. The zero-order valence-corrected chi connectivity index (χ0v) is 14.6. The van der Waals surface area contributed by atoms with Crippen molar-refractivity contribution in [2.75, 3.05) is 5.73 Å². The lowest BCUT2D eigenvalue weighted by Gasteiger charge is -2.11. The molecule has 2 aromatic carbocycles. The lowest BCUT2D eigenvalue weighted by molar-refractivity contribution is -0.384. The number of rotatable bonds is 3. The van der Waals surface area contributed by atoms with Gasteiger partial charge in [-0.3, -0.25) is 10.1 Å². The van der Waals surface area contributed by atoms with Crippen LogP contribution in [0.2, 0.25) is 10.0 Å². The number of nitro groups is 1. The summed E-state index contributed by atoms with van der Waals surface area (Å²) in [7, 11) is 0. The van der Waals surface area contributed by atoms with Gasteiger partial charge in [0.15, 0.2) is 0 Å². The van der Waals surface area contributed by atoms with Gasteiger partial charge in [-0.15, -0.1) is 0 Å². The minimum absolute atomic E-state index is 0.0255. The van der Waals surface area contributed by atoms with E-state index in [2.05, 4.69) is 4.98 Å². The first-order valence-electron chi connectivity index (χ1n) is 7.31. The van der Waals surface area contributed by atoms with Gasteiger partial charge in [0.05, 0.1) is 20.7 Å². The normalized spacial score (nSPS) is 10.3. The molecule has 0 aliphatic carbocycles. The van der Waals surface area contributed by atoms with Crippen LogP contribution in [0.25, 0.3) is 22.4 Å². The van der Waals surface area contributed by atoms with Gasteiger partial charge < -0.3 is 5.73 Å². The Morgan fingerprint density at radius 1 is 1.08 bits per heavy atom. The molecule has 6 nitrogen and oxygen atoms in total. The van der Waals surface area contributed by atoms with E-state index in [0.29, 0.717) is 32.4 Å². The molecule has 0 fully saturated rings. The molecule has 0 saturated carbocycles. The number of nitrogen functional groups attached to an aromatic ring is 1. The number of aromatic nitrogens is 1. The summed E-state index contributed by atoms with van der Waals surface area (Å²) < 4.78 is 0. The molecular weight excluding hydrogens is 375 g/mol. The van der Waals surface area contributed by atoms with Crippen LogP contribution >= 0.6 is 23.2 Å². The summed E-state index contributed by atoms with van der Waals surface area (Å²) >= 11 is 12.0. The highest BCUT2D eigenvalue weighted by Crippen LogP contribution is 2.34. The minimum atomic E-state index is -0.500. The fraction of sp³-hybridized carbons (Fsp3) is 0. The largest absolute Gasteiger partial charge is 0.383 e. The van der Waals surface area contributed by atoms with E-state index >= 15 is 0 Å². The molecule has 0 bridgehead atoms. The Hall–Kier alpha value is -3.14. The molecule has 0 amide bonds. The van der Waals surface area contributed by atoms with Crippen molar-refractivity contribution in [2.24, 2.45) is 0 Å². The van der Waals surface area contributed by atoms with E-state index in [1.165, 1.54) is 12.1 Å². The summed E-state index contributed by atoms with van der Waals surface area (Å²) in [6.07, 6.45) is 0. The zero-order valence-electron chi connectivity index (χ0n) is 13.1. The molecule has 0 unspecified atom stereocenters. The monoisotopic (exact) mass is 384 g/mol. The van der Waals surface area contributed by atoms with Crippen LogP contribution in [-0.4, -0.2) is 9.91 Å². The summed E-state index contributed by atoms with van der Waals surface area (Å²) in [4.78, 5) is 14.8. The van der Waals surface area contributed by atoms with Gasteiger partial charge in [-0.05, 0) is 23.8 Å². The first kappa shape index (κ1) is 17.7. The van der Waals surface area contributed by atoms with Crippen LogP contribution in [0.5, 0.6) is 0 Å². The molecule has 128 valence electrons. The van der Waals surface area contributed by atoms with Crippen molar-refractivity contribution in [3.63, 3.8) is 0 Å². The number of nitrogens with zero attached hydrogens (tertiary/aromatic N) is 3. The maximum atomic E-state index is 11.0. The first-order chi connectivity index (χ1) is 12.4. The third kappa shape index (κ3) is 3.31. The van der Waals surface area contributed by atoms with Crippen molar-refractivity contribution in [1.29, 1.82) is 5.26 Å². The van der Waals surface area contributed by atoms with Gasteiger partial charge in [0.1, 0.15) is 17.5 Å². The lowest BCUT2D eigenvalue weighted by Crippen LogP contribution is -2.00. The molecule has 0 spiro atoms. The summed E-state index contributed by atoms with van der Waals surface area (Å²) in [6.45, 7) is 0. The van der Waals surface area contributed by atoms with Crippen molar-refractivity contribution in [1.82, 2.24) is 4.98 Å². The number of anilines is 1. The molecule has 3 aromatic rings. The second-order valence-electron chi connectivity index (χ2n) is 5.36. The molecule has 0 aliphatic heterocycles. The predicted octanol–water partition coefficient (Wildman–Crippen LogP) is 5.08. The van der Waals surface area contributed by atoms with Gasteiger partial charge in [-0.2, -0.15) is 5.26 Å². The molecule has 0 radical (unpaired) electrons. The molecule has 0 aliphatic rings. The van der Waals surface area contributed by atoms with Gasteiger partial charge in [-0.25, -0.2) is 4.98 Å². The molecule has 2 N–H and O–H groups in total. The van der Waals surface area contributed by atoms with E-state index in [1.807, 2.05) is 6.07 Å². The average Bonchev–Trinajstić information content (AvgIpc) is 2.63. The Bertz CT molecular complexity index is 1080. The van der Waals surface area contributed by atoms with Crippen molar-refractivity contribution >= 4 is 34.7 Å². The van der Waals surface area contributed by atoms with E-state index < -0.39 is 4.92 Å². The van der Waals surface area contributed by atoms with Crippen molar-refractivity contribution < 1.29 is 4.92 Å². The summed E-state index contributed by atoms with van der Waals surface area (Å²) in [5, 5.41) is 21.2. The number of nitriles is 1. The molecule has 3 rings (SSSR count). The highest BCUT2D eigenvalue weighted by atomic mass is 35.5. The van der Waals surface area contributed by atoms with Crippen LogP contribution in [0.15, 0.2) is 48.5 Å². The van der Waals surface area contributed by atoms with Crippen molar-refractivity contribution in [3.8, 4) is 28.5 Å². The Labute approximate surface area is 158 Å². The SMILES string of the molecule is N#Cc1c(-c2cccc([N+](=O)[O-])c2)cc(-c2ccc(Cl)c(Cl)c2)nc1N. The van der Waals surface area contributed by atoms with Crippen LogP contribution in [0, 0.1) is 21.4 Å². The number of pyridine rings is 1. The van der Waals surface area contributed by atoms with E-state index in [0.717, 1.165) is 0 Å². The number of benzene rings is 2. The quantitative estimate of drug-likeness (QED) is 0.500. The first-order valence-corrected chi connectivity index (χ1v) is 8.07. The molecular formula is C18H10Cl2N4O2. The van der Waals surface area contributed by atoms with Gasteiger partial charge in [0, 0.05) is 23.3 Å². The van der Waals surface area contributed by atoms with Crippen LogP contribution in [0.3, 0.4) is 0 Å². The molecule has 0 saturated heterocycles. The van der Waals surface area contributed by atoms with Gasteiger partial charge >= 0.3 is 0 Å². The van der Waals surface area contributed by atoms with E-state index in [1.54, 1.807) is 36.4 Å². The van der Waals surface area contributed by atoms with Crippen molar-refractivity contribution in [2.45, 2.75) is 0 Å². The maximum Gasteiger partial charge on any atom is 0.270 e. The van der Waals surface area contributed by atoms with Crippen LogP contribution in [0.1, 0.15) is 5.56 Å². The molecule has 8 heteroatoms. The van der Waals surface area contributed by atoms with Crippen LogP contribution in [-0.2, 0) is 0 Å². The Kier molecular flexibility index (Phi) is 4.76. The third-order valence-electron chi connectivity index (χ3n) is 3.74. The number of hydrogen-bond donors (Lipinski definition) is 1. The summed E-state index contributed by atoms with van der Waals surface area (Å²) in [5.41, 5.74) is 8.08. The highest BCUT2D eigenvalue weighted by Gasteiger charge is 2.16. The summed E-state index contributed by atoms with van der Waals surface area (Å²) in [5.74, 6) is 0.0255. The Morgan fingerprint density at radius 3 is 2.50 bits per heavy atom. The fourth-order valence-corrected chi connectivity index (χ4v) is 2.80. The molecule has 0 atom stereocenters. The maximum absolute atomic E-state index is 11.0. The van der Waals surface area contributed by atoms with Crippen LogP contribution in [0.4, 0.5) is 11.5 Å². The molecule has 26 heavy (non-hydrogen) atoms. The van der Waals surface area contributed by atoms with E-state index in [-0.39, 0.29) is 17.1 Å². The standard InChI is InChI=1S/C18H10Cl2N4O2/c19-15-5-4-11(7-16(15)20)17-8-13(14(9-21)18(22)23-17)10-2-1-3-12(6-10)24(25)26/h1-8H,(H2,22,23). The lowest BCUT2D eigenvalue weighted by atomic mass is 9.98. The Balaban J connectivity index is 2.23. The van der Waals surface area contributed by atoms with Crippen LogP contribution < -0.4 is 5.73 Å². The van der Waals surface area contributed by atoms with Crippen molar-refractivity contribution in [3.05, 3.63) is 74.3 Å². The number of nitrogens with two attached hydrogens (primary N) is 1. The topological polar surface area (TPSA) is 106 Å². The van der Waals surface area contributed by atoms with Gasteiger partial charge in [-0.1, -0.05) is 41.4 Å². The van der Waals surface area contributed by atoms with Gasteiger partial charge in [0.2, 0.25) is 0 Å². The molecule has 1 heterocycles. The van der Waals surface area contributed by atoms with E-state index in [9.17, 15) is 15.4 Å². The predicted molar refractivity (Wildman–Crippen MR) is 101 cm³/mol. The minimum Gasteiger partial charge on any atom is -0.383 e. The fourth-order valence-electron chi connectivity index (χ4n) is 2.50. The van der Waals surface area contributed by atoms with Gasteiger partial charge in [0.25, 0.3) is 5.69 Å². The number of nitro benzene ring substituents is 1. The average molecular weight is 385 g/mol. The number of halogens is 2. The second-order valence-corrected chi connectivity index (χ2v) is 6.18. The zero-order chi connectivity index (χ0) is 18.8. The molecule has 1 aromatic heterocycles. The number of non-ortho nitro benzene ring substituents is 1. The van der Waals surface area contributed by atoms with E-state index in [4.69, 9.17) is 28.9 Å². The smallest absolute Gasteiger partial charge is 0.270 e. The highest BCUT2D eigenvalue weighted by molar-refractivity contribution is 6.42. The number of hydrogen-bond acceptors (Lipinski definition) is 5. The Morgan fingerprint density at radius 2 is 1.85 bits per heavy atom. The summed E-state index contributed by atoms with van der Waals surface area (Å²) in [6, 6.07) is 14.6.